The molecule has 0 aliphatic carbocycles. The number of ether oxygens (including phenoxy) is 1. The first kappa shape index (κ1) is 25.3. The Balaban J connectivity index is 1.25. The van der Waals surface area contributed by atoms with Crippen LogP contribution in [0.2, 0.25) is 5.02 Å². The highest BCUT2D eigenvalue weighted by molar-refractivity contribution is 6.32. The standard InChI is InChI=1S/C27H24ClF2N3O3/c28-23-14-21(19-5-7-20(8-6-19)26(35)33-16-27(29,30)17-33)9-11-24(23)36-13-1-2-22(34)10-3-18-4-12-25(31)32-15-18/h3-12,14-15H,1-2,13,16-17H2,(H2,31,32)/b10-3+. The maximum absolute atomic E-state index is 13.0. The molecule has 1 aliphatic rings. The van der Waals surface area contributed by atoms with E-state index in [1.165, 1.54) is 6.08 Å². The van der Waals surface area contributed by atoms with Crippen molar-refractivity contribution >= 4 is 35.2 Å². The van der Waals surface area contributed by atoms with E-state index in [0.717, 1.165) is 21.6 Å². The van der Waals surface area contributed by atoms with E-state index < -0.39 is 24.9 Å². The zero-order chi connectivity index (χ0) is 25.7. The lowest BCUT2D eigenvalue weighted by Crippen LogP contribution is -2.58. The van der Waals surface area contributed by atoms with Gasteiger partial charge in [0, 0.05) is 18.2 Å². The summed E-state index contributed by atoms with van der Waals surface area (Å²) in [5, 5.41) is 0.414. The predicted molar refractivity (Wildman–Crippen MR) is 135 cm³/mol. The number of pyridine rings is 1. The third kappa shape index (κ3) is 6.46. The molecule has 1 aliphatic heterocycles. The Morgan fingerprint density at radius 1 is 1.08 bits per heavy atom. The van der Waals surface area contributed by atoms with Gasteiger partial charge in [-0.25, -0.2) is 13.8 Å². The molecule has 2 heterocycles. The lowest BCUT2D eigenvalue weighted by atomic mass is 10.0. The van der Waals surface area contributed by atoms with Crippen molar-refractivity contribution < 1.29 is 23.1 Å². The molecule has 0 radical (unpaired) electrons. The molecule has 1 fully saturated rings. The molecule has 4 rings (SSSR count). The second-order valence-electron chi connectivity index (χ2n) is 8.51. The smallest absolute Gasteiger partial charge is 0.282 e. The number of nitrogens with two attached hydrogens (primary N) is 1. The van der Waals surface area contributed by atoms with Gasteiger partial charge in [0.25, 0.3) is 11.8 Å². The number of carbonyl (C=O) groups excluding carboxylic acids is 2. The number of anilines is 1. The van der Waals surface area contributed by atoms with Crippen LogP contribution in [0.1, 0.15) is 28.8 Å². The van der Waals surface area contributed by atoms with E-state index in [1.807, 2.05) is 6.07 Å². The SMILES string of the molecule is Nc1ccc(/C=C/C(=O)CCCOc2ccc(-c3ccc(C(=O)N4CC(F)(F)C4)cc3)cc2Cl)cn1. The molecule has 9 heteroatoms. The molecule has 2 aromatic carbocycles. The van der Waals surface area contributed by atoms with Crippen LogP contribution in [0.15, 0.2) is 66.9 Å². The number of aromatic nitrogens is 1. The molecular weight excluding hydrogens is 488 g/mol. The highest BCUT2D eigenvalue weighted by atomic mass is 35.5. The number of hydrogen-bond acceptors (Lipinski definition) is 5. The van der Waals surface area contributed by atoms with Gasteiger partial charge in [0.1, 0.15) is 11.6 Å². The first-order valence-corrected chi connectivity index (χ1v) is 11.7. The molecular formula is C27H24ClF2N3O3. The van der Waals surface area contributed by atoms with Gasteiger partial charge in [-0.3, -0.25) is 9.59 Å². The van der Waals surface area contributed by atoms with Crippen molar-refractivity contribution in [2.45, 2.75) is 18.8 Å². The van der Waals surface area contributed by atoms with Gasteiger partial charge in [-0.1, -0.05) is 29.8 Å². The number of likely N-dealkylation sites (tertiary alicyclic amines) is 1. The number of allylic oxidation sites excluding steroid dienone is 1. The number of rotatable bonds is 9. The fraction of sp³-hybridized carbons (Fsp3) is 0.222. The van der Waals surface area contributed by atoms with Crippen molar-refractivity contribution in [3.8, 4) is 16.9 Å². The largest absolute Gasteiger partial charge is 0.492 e. The Kier molecular flexibility index (Phi) is 7.64. The number of amides is 1. The number of carbonyl (C=O) groups is 2. The summed E-state index contributed by atoms with van der Waals surface area (Å²) in [7, 11) is 0. The molecule has 1 aromatic heterocycles. The van der Waals surface area contributed by atoms with Gasteiger partial charge in [-0.05, 0) is 71.7 Å². The third-order valence-electron chi connectivity index (χ3n) is 5.62. The third-order valence-corrected chi connectivity index (χ3v) is 5.92. The fourth-order valence-corrected chi connectivity index (χ4v) is 3.89. The van der Waals surface area contributed by atoms with E-state index in [4.69, 9.17) is 22.1 Å². The average Bonchev–Trinajstić information content (AvgIpc) is 2.85. The Bertz CT molecular complexity index is 1270. The number of alkyl halides is 2. The molecule has 186 valence electrons. The number of halogens is 3. The molecule has 0 atom stereocenters. The summed E-state index contributed by atoms with van der Waals surface area (Å²) in [5.74, 6) is -2.31. The minimum absolute atomic E-state index is 0.0263. The summed E-state index contributed by atoms with van der Waals surface area (Å²) in [6, 6.07) is 15.5. The van der Waals surface area contributed by atoms with Crippen LogP contribution in [0.3, 0.4) is 0 Å². The summed E-state index contributed by atoms with van der Waals surface area (Å²) in [4.78, 5) is 29.4. The van der Waals surface area contributed by atoms with Crippen LogP contribution in [0.25, 0.3) is 17.2 Å². The summed E-state index contributed by atoms with van der Waals surface area (Å²) in [6.07, 6.45) is 5.65. The van der Waals surface area contributed by atoms with Crippen LogP contribution >= 0.6 is 11.6 Å². The minimum atomic E-state index is -2.79. The first-order chi connectivity index (χ1) is 17.2. The first-order valence-electron chi connectivity index (χ1n) is 11.3. The van der Waals surface area contributed by atoms with Crippen LogP contribution in [0.5, 0.6) is 5.75 Å². The van der Waals surface area contributed by atoms with Crippen molar-refractivity contribution in [3.05, 3.63) is 83.0 Å². The van der Waals surface area contributed by atoms with Crippen molar-refractivity contribution in [2.75, 3.05) is 25.4 Å². The van der Waals surface area contributed by atoms with E-state index in [0.29, 0.717) is 41.6 Å². The molecule has 6 nitrogen and oxygen atoms in total. The summed E-state index contributed by atoms with van der Waals surface area (Å²) in [5.41, 5.74) is 8.33. The molecule has 2 N–H and O–H groups in total. The zero-order valence-corrected chi connectivity index (χ0v) is 20.1. The second kappa shape index (κ2) is 10.9. The number of hydrogen-bond donors (Lipinski definition) is 1. The lowest BCUT2D eigenvalue weighted by Gasteiger charge is -2.38. The Labute approximate surface area is 212 Å². The number of nitrogens with zero attached hydrogens (tertiary/aromatic N) is 2. The molecule has 0 saturated carbocycles. The second-order valence-corrected chi connectivity index (χ2v) is 8.91. The molecule has 0 bridgehead atoms. The Hall–Kier alpha value is -3.78. The minimum Gasteiger partial charge on any atom is -0.492 e. The van der Waals surface area contributed by atoms with Gasteiger partial charge < -0.3 is 15.4 Å². The van der Waals surface area contributed by atoms with Crippen molar-refractivity contribution in [3.63, 3.8) is 0 Å². The maximum atomic E-state index is 13.0. The van der Waals surface area contributed by atoms with Crippen LogP contribution in [0.4, 0.5) is 14.6 Å². The maximum Gasteiger partial charge on any atom is 0.282 e. The highest BCUT2D eigenvalue weighted by Crippen LogP contribution is 2.32. The van der Waals surface area contributed by atoms with Gasteiger partial charge in [0.15, 0.2) is 5.78 Å². The Morgan fingerprint density at radius 3 is 2.44 bits per heavy atom. The summed E-state index contributed by atoms with van der Waals surface area (Å²) < 4.78 is 31.8. The average molecular weight is 512 g/mol. The Morgan fingerprint density at radius 2 is 1.81 bits per heavy atom. The molecule has 0 unspecified atom stereocenters. The fourth-order valence-electron chi connectivity index (χ4n) is 3.66. The van der Waals surface area contributed by atoms with E-state index >= 15 is 0 Å². The van der Waals surface area contributed by atoms with Crippen LogP contribution in [-0.2, 0) is 4.79 Å². The summed E-state index contributed by atoms with van der Waals surface area (Å²) >= 11 is 6.38. The topological polar surface area (TPSA) is 85.5 Å². The monoisotopic (exact) mass is 511 g/mol. The lowest BCUT2D eigenvalue weighted by molar-refractivity contribution is -0.114. The van der Waals surface area contributed by atoms with Crippen LogP contribution in [-0.4, -0.2) is 47.2 Å². The van der Waals surface area contributed by atoms with E-state index in [9.17, 15) is 18.4 Å². The van der Waals surface area contributed by atoms with Gasteiger partial charge in [-0.15, -0.1) is 0 Å². The van der Waals surface area contributed by atoms with Gasteiger partial charge in [0.2, 0.25) is 0 Å². The number of nitrogen functional groups attached to an aromatic ring is 1. The number of benzene rings is 2. The van der Waals surface area contributed by atoms with Crippen molar-refractivity contribution in [2.24, 2.45) is 0 Å². The normalized spacial score (nSPS) is 14.5. The van der Waals surface area contributed by atoms with Crippen LogP contribution < -0.4 is 10.5 Å². The van der Waals surface area contributed by atoms with E-state index in [-0.39, 0.29) is 5.78 Å². The predicted octanol–water partition coefficient (Wildman–Crippen LogP) is 5.52. The molecule has 3 aromatic rings. The summed E-state index contributed by atoms with van der Waals surface area (Å²) in [6.45, 7) is -0.762. The molecule has 1 amide bonds. The van der Waals surface area contributed by atoms with Crippen LogP contribution in [0, 0.1) is 0 Å². The van der Waals surface area contributed by atoms with Gasteiger partial charge >= 0.3 is 0 Å². The molecule has 36 heavy (non-hydrogen) atoms. The molecule has 0 spiro atoms. The van der Waals surface area contributed by atoms with Gasteiger partial charge in [0.05, 0.1) is 24.7 Å². The van der Waals surface area contributed by atoms with Gasteiger partial charge in [-0.2, -0.15) is 0 Å². The van der Waals surface area contributed by atoms with Crippen molar-refractivity contribution in [1.29, 1.82) is 0 Å². The van der Waals surface area contributed by atoms with Crippen molar-refractivity contribution in [1.82, 2.24) is 9.88 Å². The zero-order valence-electron chi connectivity index (χ0n) is 19.3. The van der Waals surface area contributed by atoms with E-state index in [1.54, 1.807) is 60.8 Å². The number of ketones is 1. The van der Waals surface area contributed by atoms with E-state index in [2.05, 4.69) is 4.98 Å². The highest BCUT2D eigenvalue weighted by Gasteiger charge is 2.46. The molecule has 1 saturated heterocycles. The quantitative estimate of drug-likeness (QED) is 0.302.